The molecule has 0 spiro atoms. The van der Waals surface area contributed by atoms with Crippen LogP contribution in [0.25, 0.3) is 0 Å². The highest BCUT2D eigenvalue weighted by molar-refractivity contribution is 7.99. The summed E-state index contributed by atoms with van der Waals surface area (Å²) in [6.45, 7) is 6.44. The average molecular weight is 200 g/mol. The molecule has 0 radical (unpaired) electrons. The maximum atomic E-state index is 4.05. The van der Waals surface area contributed by atoms with Crippen molar-refractivity contribution in [2.75, 3.05) is 13.1 Å². The molecular weight excluding hydrogens is 184 g/mol. The summed E-state index contributed by atoms with van der Waals surface area (Å²) in [6.07, 6.45) is 2.72. The van der Waals surface area contributed by atoms with Crippen molar-refractivity contribution < 1.29 is 0 Å². The lowest BCUT2D eigenvalue weighted by molar-refractivity contribution is 0.668. The van der Waals surface area contributed by atoms with Crippen molar-refractivity contribution in [3.8, 4) is 0 Å². The van der Waals surface area contributed by atoms with E-state index in [1.54, 1.807) is 11.8 Å². The Labute approximate surface area is 82.9 Å². The minimum atomic E-state index is 0.527. The molecule has 0 fully saturated rings. The van der Waals surface area contributed by atoms with Gasteiger partial charge in [-0.25, -0.2) is 4.98 Å². The van der Waals surface area contributed by atoms with E-state index in [0.29, 0.717) is 5.25 Å². The third-order valence-corrected chi connectivity index (χ3v) is 2.55. The van der Waals surface area contributed by atoms with Gasteiger partial charge in [-0.2, -0.15) is 5.10 Å². The lowest BCUT2D eigenvalue weighted by atomic mass is 10.4. The maximum absolute atomic E-state index is 4.05. The lowest BCUT2D eigenvalue weighted by Crippen LogP contribution is -2.23. The lowest BCUT2D eigenvalue weighted by Gasteiger charge is -2.09. The Bertz CT molecular complexity index is 212. The van der Waals surface area contributed by atoms with Gasteiger partial charge in [-0.3, -0.25) is 5.10 Å². The minimum absolute atomic E-state index is 0.527. The van der Waals surface area contributed by atoms with E-state index in [2.05, 4.69) is 34.3 Å². The highest BCUT2D eigenvalue weighted by Crippen LogP contribution is 2.16. The molecule has 1 rings (SSSR count). The van der Waals surface area contributed by atoms with Gasteiger partial charge in [-0.1, -0.05) is 25.6 Å². The summed E-state index contributed by atoms with van der Waals surface area (Å²) in [7, 11) is 0. The molecule has 0 aliphatic heterocycles. The molecule has 1 heterocycles. The molecule has 0 aliphatic rings. The summed E-state index contributed by atoms with van der Waals surface area (Å²) in [5.41, 5.74) is 0. The smallest absolute Gasteiger partial charge is 0.183 e. The first-order valence-electron chi connectivity index (χ1n) is 4.55. The van der Waals surface area contributed by atoms with Gasteiger partial charge >= 0.3 is 0 Å². The van der Waals surface area contributed by atoms with E-state index in [1.165, 1.54) is 12.7 Å². The second-order valence-corrected chi connectivity index (χ2v) is 4.35. The summed E-state index contributed by atoms with van der Waals surface area (Å²) < 4.78 is 0. The van der Waals surface area contributed by atoms with Crippen LogP contribution >= 0.6 is 11.8 Å². The van der Waals surface area contributed by atoms with Crippen LogP contribution in [-0.4, -0.2) is 33.5 Å². The fourth-order valence-corrected chi connectivity index (χ4v) is 1.76. The molecule has 5 heteroatoms. The van der Waals surface area contributed by atoms with Crippen LogP contribution in [0.3, 0.4) is 0 Å². The van der Waals surface area contributed by atoms with Crippen LogP contribution < -0.4 is 5.32 Å². The molecule has 0 amide bonds. The van der Waals surface area contributed by atoms with E-state index < -0.39 is 0 Å². The van der Waals surface area contributed by atoms with Crippen LogP contribution in [0.1, 0.15) is 20.3 Å². The first-order chi connectivity index (χ1) is 6.33. The van der Waals surface area contributed by atoms with Crippen LogP contribution in [0.4, 0.5) is 0 Å². The molecule has 0 saturated heterocycles. The third kappa shape index (κ3) is 4.28. The Morgan fingerprint density at radius 2 is 2.54 bits per heavy atom. The molecule has 0 saturated carbocycles. The number of H-pyrrole nitrogens is 1. The van der Waals surface area contributed by atoms with Gasteiger partial charge in [-0.05, 0) is 13.0 Å². The predicted molar refractivity (Wildman–Crippen MR) is 54.9 cm³/mol. The van der Waals surface area contributed by atoms with E-state index in [0.717, 1.165) is 18.2 Å². The highest BCUT2D eigenvalue weighted by atomic mass is 32.2. The monoisotopic (exact) mass is 200 g/mol. The summed E-state index contributed by atoms with van der Waals surface area (Å²) in [5.74, 6) is 0. The fourth-order valence-electron chi connectivity index (χ4n) is 0.965. The third-order valence-electron chi connectivity index (χ3n) is 1.56. The normalized spacial score (nSPS) is 13.1. The average Bonchev–Trinajstić information content (AvgIpc) is 2.57. The van der Waals surface area contributed by atoms with Gasteiger partial charge < -0.3 is 5.32 Å². The zero-order valence-corrected chi connectivity index (χ0v) is 8.90. The molecule has 0 aromatic carbocycles. The Morgan fingerprint density at radius 1 is 1.69 bits per heavy atom. The predicted octanol–water partition coefficient (Wildman–Crippen LogP) is 1.28. The van der Waals surface area contributed by atoms with Crippen LogP contribution in [-0.2, 0) is 0 Å². The number of hydrogen-bond acceptors (Lipinski definition) is 4. The van der Waals surface area contributed by atoms with E-state index in [-0.39, 0.29) is 0 Å². The van der Waals surface area contributed by atoms with Crippen molar-refractivity contribution in [2.45, 2.75) is 30.7 Å². The minimum Gasteiger partial charge on any atom is -0.316 e. The quantitative estimate of drug-likeness (QED) is 0.536. The van der Waals surface area contributed by atoms with Gasteiger partial charge in [0.05, 0.1) is 0 Å². The molecule has 0 aliphatic carbocycles. The van der Waals surface area contributed by atoms with Crippen molar-refractivity contribution in [3.63, 3.8) is 0 Å². The Balaban J connectivity index is 2.14. The molecular formula is C8H16N4S. The standard InChI is InChI=1S/C8H16N4S/c1-3-4-9-5-7(2)13-8-10-6-11-12-8/h6-7,9H,3-5H2,1-2H3,(H,10,11,12). The van der Waals surface area contributed by atoms with Crippen LogP contribution in [0.15, 0.2) is 11.5 Å². The van der Waals surface area contributed by atoms with Gasteiger partial charge in [0.25, 0.3) is 0 Å². The van der Waals surface area contributed by atoms with Crippen molar-refractivity contribution in [1.82, 2.24) is 20.5 Å². The molecule has 4 nitrogen and oxygen atoms in total. The molecule has 74 valence electrons. The Kier molecular flexibility index (Phi) is 4.85. The van der Waals surface area contributed by atoms with Gasteiger partial charge in [0, 0.05) is 11.8 Å². The molecule has 1 aromatic heterocycles. The van der Waals surface area contributed by atoms with E-state index in [4.69, 9.17) is 0 Å². The first kappa shape index (κ1) is 10.5. The van der Waals surface area contributed by atoms with E-state index in [1.807, 2.05) is 0 Å². The van der Waals surface area contributed by atoms with Crippen molar-refractivity contribution in [2.24, 2.45) is 0 Å². The molecule has 2 N–H and O–H groups in total. The maximum Gasteiger partial charge on any atom is 0.183 e. The van der Waals surface area contributed by atoms with E-state index in [9.17, 15) is 0 Å². The van der Waals surface area contributed by atoms with Gasteiger partial charge in [-0.15, -0.1) is 0 Å². The van der Waals surface area contributed by atoms with Gasteiger partial charge in [0.2, 0.25) is 0 Å². The van der Waals surface area contributed by atoms with Crippen LogP contribution in [0.2, 0.25) is 0 Å². The molecule has 1 atom stereocenters. The summed E-state index contributed by atoms with van der Waals surface area (Å²) in [5, 5.41) is 11.4. The largest absolute Gasteiger partial charge is 0.316 e. The highest BCUT2D eigenvalue weighted by Gasteiger charge is 2.04. The number of thioether (sulfide) groups is 1. The van der Waals surface area contributed by atoms with Gasteiger partial charge in [0.15, 0.2) is 5.16 Å². The SMILES string of the molecule is CCCNCC(C)Sc1ncn[nH]1. The zero-order chi connectivity index (χ0) is 9.52. The number of rotatable bonds is 6. The molecule has 0 bridgehead atoms. The van der Waals surface area contributed by atoms with Gasteiger partial charge in [0.1, 0.15) is 6.33 Å². The summed E-state index contributed by atoms with van der Waals surface area (Å²) in [6, 6.07) is 0. The van der Waals surface area contributed by atoms with Crippen molar-refractivity contribution in [1.29, 1.82) is 0 Å². The molecule has 1 unspecified atom stereocenters. The van der Waals surface area contributed by atoms with Crippen molar-refractivity contribution >= 4 is 11.8 Å². The number of aromatic amines is 1. The second-order valence-electron chi connectivity index (χ2n) is 2.92. The van der Waals surface area contributed by atoms with E-state index >= 15 is 0 Å². The fraction of sp³-hybridized carbons (Fsp3) is 0.750. The topological polar surface area (TPSA) is 53.6 Å². The number of nitrogens with one attached hydrogen (secondary N) is 2. The second kappa shape index (κ2) is 5.99. The number of nitrogens with zero attached hydrogens (tertiary/aromatic N) is 2. The van der Waals surface area contributed by atoms with Crippen LogP contribution in [0, 0.1) is 0 Å². The van der Waals surface area contributed by atoms with Crippen LogP contribution in [0.5, 0.6) is 0 Å². The Morgan fingerprint density at radius 3 is 3.15 bits per heavy atom. The summed E-state index contributed by atoms with van der Waals surface area (Å²) >= 11 is 1.71. The molecule has 1 aromatic rings. The first-order valence-corrected chi connectivity index (χ1v) is 5.43. The van der Waals surface area contributed by atoms with Crippen molar-refractivity contribution in [3.05, 3.63) is 6.33 Å². The Hall–Kier alpha value is -0.550. The molecule has 13 heavy (non-hydrogen) atoms. The number of aromatic nitrogens is 3. The summed E-state index contributed by atoms with van der Waals surface area (Å²) in [4.78, 5) is 4.05. The number of hydrogen-bond donors (Lipinski definition) is 2. The zero-order valence-electron chi connectivity index (χ0n) is 8.08.